The molecule has 1 saturated carbocycles. The lowest BCUT2D eigenvalue weighted by Crippen LogP contribution is -2.46. The fourth-order valence-electron chi connectivity index (χ4n) is 1.49. The van der Waals surface area contributed by atoms with Gasteiger partial charge >= 0.3 is 5.97 Å². The van der Waals surface area contributed by atoms with Crippen molar-refractivity contribution < 1.29 is 18.3 Å². The largest absolute Gasteiger partial charge is 0.481 e. The Hall–Kier alpha value is -0.660. The number of rotatable bonds is 7. The van der Waals surface area contributed by atoms with Gasteiger partial charge in [-0.1, -0.05) is 0 Å². The van der Waals surface area contributed by atoms with E-state index >= 15 is 0 Å². The summed E-state index contributed by atoms with van der Waals surface area (Å²) >= 11 is 0. The Morgan fingerprint density at radius 3 is 2.29 bits per heavy atom. The molecule has 0 aromatic rings. The van der Waals surface area contributed by atoms with Crippen LogP contribution in [0.5, 0.6) is 0 Å². The van der Waals surface area contributed by atoms with Crippen LogP contribution in [0.2, 0.25) is 0 Å². The lowest BCUT2D eigenvalue weighted by Gasteiger charge is -2.29. The smallest absolute Gasteiger partial charge is 0.304 e. The molecular weight excluding hydrogens is 244 g/mol. The van der Waals surface area contributed by atoms with E-state index in [9.17, 15) is 13.2 Å². The van der Waals surface area contributed by atoms with Crippen LogP contribution in [-0.4, -0.2) is 53.8 Å². The van der Waals surface area contributed by atoms with E-state index in [2.05, 4.69) is 0 Å². The molecule has 100 valence electrons. The molecule has 0 spiro atoms. The number of carboxylic acids is 1. The summed E-state index contributed by atoms with van der Waals surface area (Å²) < 4.78 is 27.1. The van der Waals surface area contributed by atoms with Gasteiger partial charge in [0.05, 0.1) is 6.42 Å². The maximum atomic E-state index is 12.2. The second-order valence-electron chi connectivity index (χ2n) is 4.60. The van der Waals surface area contributed by atoms with Crippen molar-refractivity contribution in [3.05, 3.63) is 0 Å². The molecule has 1 rings (SSSR count). The number of hydrogen-bond acceptors (Lipinski definition) is 3. The van der Waals surface area contributed by atoms with E-state index in [1.807, 2.05) is 0 Å². The zero-order valence-electron chi connectivity index (χ0n) is 10.5. The Bertz CT molecular complexity index is 376. The molecule has 1 fully saturated rings. The van der Waals surface area contributed by atoms with Crippen LogP contribution in [-0.2, 0) is 15.0 Å². The summed E-state index contributed by atoms with van der Waals surface area (Å²) in [6, 6.07) is -0.147. The zero-order valence-corrected chi connectivity index (χ0v) is 11.3. The number of carboxylic acid groups (broad SMARTS) is 1. The monoisotopic (exact) mass is 264 g/mol. The summed E-state index contributed by atoms with van der Waals surface area (Å²) in [5.41, 5.74) is 0. The molecule has 17 heavy (non-hydrogen) atoms. The molecule has 0 atom stereocenters. The molecular formula is C10H20N2O4S. The average molecular weight is 264 g/mol. The molecule has 0 saturated heterocycles. The highest BCUT2D eigenvalue weighted by atomic mass is 32.2. The minimum atomic E-state index is -3.53. The van der Waals surface area contributed by atoms with Crippen LogP contribution in [0, 0.1) is 0 Å². The van der Waals surface area contributed by atoms with E-state index in [1.54, 1.807) is 13.8 Å². The molecule has 0 heterocycles. The number of nitrogens with zero attached hydrogens (tertiary/aromatic N) is 2. The highest BCUT2D eigenvalue weighted by Gasteiger charge is 2.39. The van der Waals surface area contributed by atoms with Crippen LogP contribution in [0.25, 0.3) is 0 Å². The molecule has 0 aromatic carbocycles. The summed E-state index contributed by atoms with van der Waals surface area (Å²) in [6.45, 7) is 3.64. The van der Waals surface area contributed by atoms with E-state index in [1.165, 1.54) is 15.7 Å². The summed E-state index contributed by atoms with van der Waals surface area (Å²) in [4.78, 5) is 10.5. The summed E-state index contributed by atoms with van der Waals surface area (Å²) in [6.07, 6.45) is 1.50. The molecule has 0 aliphatic heterocycles. The minimum Gasteiger partial charge on any atom is -0.481 e. The van der Waals surface area contributed by atoms with Crippen molar-refractivity contribution in [2.45, 2.75) is 45.2 Å². The predicted octanol–water partition coefficient (Wildman–Crippen LogP) is 0.510. The van der Waals surface area contributed by atoms with Crippen molar-refractivity contribution in [2.75, 3.05) is 13.6 Å². The van der Waals surface area contributed by atoms with E-state index in [0.717, 1.165) is 12.8 Å². The molecule has 6 nitrogen and oxygen atoms in total. The third-order valence-corrected chi connectivity index (χ3v) is 5.11. The van der Waals surface area contributed by atoms with Gasteiger partial charge in [0.25, 0.3) is 10.2 Å². The summed E-state index contributed by atoms with van der Waals surface area (Å²) in [5.74, 6) is -0.974. The van der Waals surface area contributed by atoms with Crippen molar-refractivity contribution in [2.24, 2.45) is 0 Å². The predicted molar refractivity (Wildman–Crippen MR) is 63.8 cm³/mol. The SMILES string of the molecule is CC(C)N(C)S(=O)(=O)N(CCC(=O)O)C1CC1. The van der Waals surface area contributed by atoms with Gasteiger partial charge in [-0.15, -0.1) is 0 Å². The average Bonchev–Trinajstić information content (AvgIpc) is 2.99. The van der Waals surface area contributed by atoms with Gasteiger partial charge < -0.3 is 5.11 Å². The Balaban J connectivity index is 2.79. The van der Waals surface area contributed by atoms with Gasteiger partial charge in [-0.2, -0.15) is 17.0 Å². The van der Waals surface area contributed by atoms with Crippen molar-refractivity contribution in [3.63, 3.8) is 0 Å². The lowest BCUT2D eigenvalue weighted by atomic mass is 10.4. The van der Waals surface area contributed by atoms with Crippen LogP contribution in [0.4, 0.5) is 0 Å². The highest BCUT2D eigenvalue weighted by Crippen LogP contribution is 2.30. The van der Waals surface area contributed by atoms with Gasteiger partial charge in [-0.05, 0) is 26.7 Å². The Kier molecular flexibility index (Phi) is 4.51. The van der Waals surface area contributed by atoms with Gasteiger partial charge in [-0.3, -0.25) is 4.79 Å². The van der Waals surface area contributed by atoms with Gasteiger partial charge in [-0.25, -0.2) is 0 Å². The molecule has 0 aromatic heterocycles. The fourth-order valence-corrected chi connectivity index (χ4v) is 3.26. The van der Waals surface area contributed by atoms with Crippen molar-refractivity contribution in [1.29, 1.82) is 0 Å². The van der Waals surface area contributed by atoms with Crippen molar-refractivity contribution >= 4 is 16.2 Å². The van der Waals surface area contributed by atoms with Crippen LogP contribution in [0.15, 0.2) is 0 Å². The van der Waals surface area contributed by atoms with E-state index in [0.29, 0.717) is 0 Å². The Morgan fingerprint density at radius 1 is 1.41 bits per heavy atom. The first kappa shape index (κ1) is 14.4. The molecule has 1 N–H and O–H groups in total. The topological polar surface area (TPSA) is 77.9 Å². The second-order valence-corrected chi connectivity index (χ2v) is 6.54. The molecule has 7 heteroatoms. The molecule has 0 unspecified atom stereocenters. The first-order valence-electron chi connectivity index (χ1n) is 5.73. The van der Waals surface area contributed by atoms with Gasteiger partial charge in [0.15, 0.2) is 0 Å². The number of aliphatic carboxylic acids is 1. The van der Waals surface area contributed by atoms with Gasteiger partial charge in [0.2, 0.25) is 0 Å². The maximum absolute atomic E-state index is 12.2. The fraction of sp³-hybridized carbons (Fsp3) is 0.900. The Morgan fingerprint density at radius 2 is 1.94 bits per heavy atom. The van der Waals surface area contributed by atoms with Gasteiger partial charge in [0, 0.05) is 25.7 Å². The van der Waals surface area contributed by atoms with Crippen LogP contribution in [0.3, 0.4) is 0 Å². The molecule has 0 bridgehead atoms. The van der Waals surface area contributed by atoms with Crippen molar-refractivity contribution in [3.8, 4) is 0 Å². The van der Waals surface area contributed by atoms with Crippen LogP contribution < -0.4 is 0 Å². The number of carbonyl (C=O) groups is 1. The van der Waals surface area contributed by atoms with Gasteiger partial charge in [0.1, 0.15) is 0 Å². The Labute approximate surface area is 102 Å². The molecule has 0 amide bonds. The second kappa shape index (κ2) is 5.32. The highest BCUT2D eigenvalue weighted by molar-refractivity contribution is 7.86. The molecule has 1 aliphatic rings. The standard InChI is InChI=1S/C10H20N2O4S/c1-8(2)11(3)17(15,16)12(9-4-5-9)7-6-10(13)14/h8-9H,4-7H2,1-3H3,(H,13,14). The normalized spacial score (nSPS) is 17.1. The maximum Gasteiger partial charge on any atom is 0.304 e. The first-order chi connectivity index (χ1) is 7.76. The lowest BCUT2D eigenvalue weighted by molar-refractivity contribution is -0.137. The summed E-state index contributed by atoms with van der Waals surface area (Å²) in [7, 11) is -2.01. The first-order valence-corrected chi connectivity index (χ1v) is 7.13. The third kappa shape index (κ3) is 3.65. The van der Waals surface area contributed by atoms with E-state index < -0.39 is 16.2 Å². The third-order valence-electron chi connectivity index (χ3n) is 2.89. The molecule has 0 radical (unpaired) electrons. The zero-order chi connectivity index (χ0) is 13.2. The van der Waals surface area contributed by atoms with E-state index in [4.69, 9.17) is 5.11 Å². The van der Waals surface area contributed by atoms with Crippen LogP contribution in [0.1, 0.15) is 33.1 Å². The number of hydrogen-bond donors (Lipinski definition) is 1. The molecule has 1 aliphatic carbocycles. The van der Waals surface area contributed by atoms with E-state index in [-0.39, 0.29) is 25.0 Å². The summed E-state index contributed by atoms with van der Waals surface area (Å²) in [5, 5.41) is 8.64. The minimum absolute atomic E-state index is 0.0134. The quantitative estimate of drug-likeness (QED) is 0.726. The van der Waals surface area contributed by atoms with Crippen LogP contribution >= 0.6 is 0 Å². The van der Waals surface area contributed by atoms with Crippen molar-refractivity contribution in [1.82, 2.24) is 8.61 Å².